The summed E-state index contributed by atoms with van der Waals surface area (Å²) >= 11 is 0. The Bertz CT molecular complexity index is 3980. The monoisotopic (exact) mass is 849 g/mol. The third kappa shape index (κ3) is 5.94. The van der Waals surface area contributed by atoms with E-state index in [1.807, 2.05) is 6.07 Å². The Morgan fingerprint density at radius 2 is 0.896 bits per heavy atom. The summed E-state index contributed by atoms with van der Waals surface area (Å²) in [5.74, 6) is 1.97. The summed E-state index contributed by atoms with van der Waals surface area (Å²) in [6.07, 6.45) is 0. The molecule has 6 nitrogen and oxygen atoms in total. The smallest absolute Gasteiger partial charge is 0.238 e. The molecule has 0 spiro atoms. The van der Waals surface area contributed by atoms with Crippen molar-refractivity contribution in [2.24, 2.45) is 0 Å². The van der Waals surface area contributed by atoms with Gasteiger partial charge in [0.05, 0.1) is 22.1 Å². The van der Waals surface area contributed by atoms with Gasteiger partial charge in [-0.2, -0.15) is 9.97 Å². The van der Waals surface area contributed by atoms with Crippen molar-refractivity contribution in [2.45, 2.75) is 0 Å². The molecule has 306 valence electrons. The fourth-order valence-corrected chi connectivity index (χ4v) is 11.1. The van der Waals surface area contributed by atoms with E-state index in [1.54, 1.807) is 0 Å². The number of rotatable bonds is 5. The number of fused-ring (bicyclic) bond motifs is 10. The molecule has 0 amide bonds. The highest BCUT2D eigenvalue weighted by atomic mass is 16.3. The lowest BCUT2D eigenvalue weighted by Crippen LogP contribution is -2.55. The summed E-state index contributed by atoms with van der Waals surface area (Å²) in [7, 11) is 22.2. The zero-order valence-electron chi connectivity index (χ0n) is 39.8. The SMILES string of the molecule is Bc1c(B)c(B)c(-c2nc(-c3c(B)c(B)c(B)c(B)c3B)nc(-n3c4ccccc4c4c3ccc3c5ccccc5n(-c5cc(-c6ccccc6)c6oc7ccccc7c6c5)c34)n2)c(B)c1B. The van der Waals surface area contributed by atoms with Crippen molar-refractivity contribution in [3.05, 3.63) is 127 Å². The number of aromatic nitrogens is 5. The van der Waals surface area contributed by atoms with Gasteiger partial charge in [-0.05, 0) is 42.0 Å². The Hall–Kier alpha value is -7.18. The van der Waals surface area contributed by atoms with E-state index in [0.29, 0.717) is 17.6 Å². The molecule has 67 heavy (non-hydrogen) atoms. The van der Waals surface area contributed by atoms with Gasteiger partial charge in [0.1, 0.15) is 89.6 Å². The number of para-hydroxylation sites is 3. The molecule has 0 aliphatic rings. The Balaban J connectivity index is 1.22. The van der Waals surface area contributed by atoms with E-state index in [0.717, 1.165) is 82.7 Å². The van der Waals surface area contributed by atoms with Crippen molar-refractivity contribution >= 4 is 199 Å². The highest BCUT2D eigenvalue weighted by molar-refractivity contribution is 6.70. The standard InChI is InChI=1S/C51H41B10N5O/c52-37-35(38(53)42(57)45(60)41(37)56)49-62-50(36-39(54)43(58)46(61)44(59)40(36)55)64-51(63-49)66-31-16-8-5-14-27(31)34-32(66)19-18-26-24-12-4-7-15-30(24)65(47(26)34)23-20-28(22-10-2-1-3-11-22)48-29(21-23)25-13-6-9-17-33(25)67-48/h1-21H,52-61H2. The number of benzene rings is 8. The lowest BCUT2D eigenvalue weighted by Gasteiger charge is -2.22. The fraction of sp³-hybridized carbons (Fsp3) is 0. The molecule has 12 aromatic rings. The molecule has 0 aliphatic heterocycles. The van der Waals surface area contributed by atoms with Crippen LogP contribution in [0.4, 0.5) is 0 Å². The van der Waals surface area contributed by atoms with E-state index in [-0.39, 0.29) is 0 Å². The second-order valence-electron chi connectivity index (χ2n) is 18.7. The minimum atomic E-state index is 0.593. The van der Waals surface area contributed by atoms with Crippen molar-refractivity contribution < 1.29 is 4.42 Å². The summed E-state index contributed by atoms with van der Waals surface area (Å²) in [6, 6.07) is 45.7. The van der Waals surface area contributed by atoms with Gasteiger partial charge < -0.3 is 8.98 Å². The van der Waals surface area contributed by atoms with Gasteiger partial charge in [0.2, 0.25) is 5.95 Å². The molecule has 8 aromatic carbocycles. The van der Waals surface area contributed by atoms with Crippen LogP contribution >= 0.6 is 0 Å². The van der Waals surface area contributed by atoms with Crippen molar-refractivity contribution in [2.75, 3.05) is 0 Å². The van der Waals surface area contributed by atoms with Gasteiger partial charge in [-0.3, -0.25) is 4.57 Å². The number of nitrogens with zero attached hydrogens (tertiary/aromatic N) is 5. The first-order chi connectivity index (χ1) is 32.4. The second kappa shape index (κ2) is 15.2. The highest BCUT2D eigenvalue weighted by Gasteiger charge is 2.26. The lowest BCUT2D eigenvalue weighted by atomic mass is 9.60. The number of furan rings is 1. The lowest BCUT2D eigenvalue weighted by molar-refractivity contribution is 0.670. The molecule has 0 fully saturated rings. The summed E-state index contributed by atoms with van der Waals surface area (Å²) in [5.41, 5.74) is 23.9. The zero-order chi connectivity index (χ0) is 46.2. The average molecular weight is 848 g/mol. The molecule has 0 aliphatic carbocycles. The Kier molecular flexibility index (Phi) is 9.35. The minimum Gasteiger partial charge on any atom is -0.455 e. The summed E-state index contributed by atoms with van der Waals surface area (Å²) < 4.78 is 11.4. The van der Waals surface area contributed by atoms with Crippen LogP contribution in [0.2, 0.25) is 0 Å². The molecule has 12 rings (SSSR count). The van der Waals surface area contributed by atoms with Gasteiger partial charge >= 0.3 is 0 Å². The molecule has 4 aromatic heterocycles. The first-order valence-electron chi connectivity index (χ1n) is 23.3. The van der Waals surface area contributed by atoms with Crippen LogP contribution in [0.1, 0.15) is 0 Å². The molecule has 4 heterocycles. The van der Waals surface area contributed by atoms with Crippen LogP contribution in [0.15, 0.2) is 132 Å². The molecule has 0 bridgehead atoms. The molecule has 16 heteroatoms. The number of hydrogen-bond acceptors (Lipinski definition) is 4. The first-order valence-corrected chi connectivity index (χ1v) is 23.3. The summed E-state index contributed by atoms with van der Waals surface area (Å²) in [4.78, 5) is 16.6. The average Bonchev–Trinajstić information content (AvgIpc) is 4.02. The normalized spacial score (nSPS) is 11.9. The molecule has 0 unspecified atom stereocenters. The van der Waals surface area contributed by atoms with E-state index >= 15 is 0 Å². The first kappa shape index (κ1) is 41.3. The third-order valence-electron chi connectivity index (χ3n) is 15.5. The minimum absolute atomic E-state index is 0.593. The van der Waals surface area contributed by atoms with Crippen LogP contribution in [0.3, 0.4) is 0 Å². The predicted octanol–water partition coefficient (Wildman–Crippen LogP) is -4.45. The Morgan fingerprint density at radius 3 is 1.51 bits per heavy atom. The van der Waals surface area contributed by atoms with Crippen molar-refractivity contribution in [3.8, 4) is 45.5 Å². The van der Waals surface area contributed by atoms with Crippen LogP contribution in [0, 0.1) is 0 Å². The maximum Gasteiger partial charge on any atom is 0.238 e. The highest BCUT2D eigenvalue weighted by Crippen LogP contribution is 2.44. The number of hydrogen-bond donors (Lipinski definition) is 0. The molecule has 0 atom stereocenters. The van der Waals surface area contributed by atoms with Gasteiger partial charge in [-0.15, -0.1) is 32.8 Å². The van der Waals surface area contributed by atoms with E-state index in [1.165, 1.54) is 65.4 Å². The van der Waals surface area contributed by atoms with Crippen LogP contribution in [-0.4, -0.2) is 103 Å². The second-order valence-corrected chi connectivity index (χ2v) is 18.7. The van der Waals surface area contributed by atoms with Crippen molar-refractivity contribution in [3.63, 3.8) is 0 Å². The van der Waals surface area contributed by atoms with Crippen LogP contribution in [-0.2, 0) is 0 Å². The van der Waals surface area contributed by atoms with Crippen LogP contribution in [0.25, 0.3) is 111 Å². The van der Waals surface area contributed by atoms with E-state index in [9.17, 15) is 0 Å². The maximum atomic E-state index is 6.68. The van der Waals surface area contributed by atoms with Crippen molar-refractivity contribution in [1.82, 2.24) is 24.1 Å². The molecule has 0 saturated heterocycles. The maximum absolute atomic E-state index is 6.68. The van der Waals surface area contributed by atoms with E-state index < -0.39 is 0 Å². The van der Waals surface area contributed by atoms with Gasteiger partial charge in [0.15, 0.2) is 11.6 Å². The molecular formula is C51H41B10N5O. The molecule has 0 N–H and O–H groups in total. The van der Waals surface area contributed by atoms with Crippen LogP contribution < -0.4 is 54.6 Å². The zero-order valence-corrected chi connectivity index (χ0v) is 39.8. The van der Waals surface area contributed by atoms with E-state index in [4.69, 9.17) is 19.4 Å². The molecular weight excluding hydrogens is 807 g/mol. The van der Waals surface area contributed by atoms with Gasteiger partial charge in [0.25, 0.3) is 0 Å². The topological polar surface area (TPSA) is 61.7 Å². The largest absolute Gasteiger partial charge is 0.455 e. The summed E-state index contributed by atoms with van der Waals surface area (Å²) in [5, 5.41) is 6.79. The van der Waals surface area contributed by atoms with Gasteiger partial charge in [0, 0.05) is 54.7 Å². The fourth-order valence-electron chi connectivity index (χ4n) is 11.1. The summed E-state index contributed by atoms with van der Waals surface area (Å²) in [6.45, 7) is 0. The van der Waals surface area contributed by atoms with Gasteiger partial charge in [-0.1, -0.05) is 113 Å². The predicted molar refractivity (Wildman–Crippen MR) is 314 cm³/mol. The molecule has 0 radical (unpaired) electrons. The van der Waals surface area contributed by atoms with Gasteiger partial charge in [-0.25, -0.2) is 4.98 Å². The third-order valence-corrected chi connectivity index (χ3v) is 15.5. The Morgan fingerprint density at radius 1 is 0.388 bits per heavy atom. The van der Waals surface area contributed by atoms with Crippen molar-refractivity contribution in [1.29, 1.82) is 0 Å². The van der Waals surface area contributed by atoms with Crippen LogP contribution in [0.5, 0.6) is 0 Å². The molecule has 0 saturated carbocycles. The quantitative estimate of drug-likeness (QED) is 0.164. The Labute approximate surface area is 398 Å². The van der Waals surface area contributed by atoms with E-state index in [2.05, 4.69) is 209 Å².